The third-order valence-corrected chi connectivity index (χ3v) is 6.99. The number of rotatable bonds is 6. The van der Waals surface area contributed by atoms with Crippen LogP contribution in [0.4, 0.5) is 4.79 Å². The minimum atomic E-state index is -0.363. The summed E-state index contributed by atoms with van der Waals surface area (Å²) in [7, 11) is 3.27. The molecule has 0 radical (unpaired) electrons. The molecule has 0 bridgehead atoms. The smallest absolute Gasteiger partial charge is 0.315 e. The quantitative estimate of drug-likeness (QED) is 0.756. The summed E-state index contributed by atoms with van der Waals surface area (Å²) in [4.78, 5) is 27.0. The first kappa shape index (κ1) is 20.8. The van der Waals surface area contributed by atoms with Gasteiger partial charge >= 0.3 is 6.03 Å². The zero-order valence-electron chi connectivity index (χ0n) is 16.9. The Morgan fingerprint density at radius 3 is 2.86 bits per heavy atom. The van der Waals surface area contributed by atoms with Crippen LogP contribution in [0.5, 0.6) is 5.75 Å². The van der Waals surface area contributed by atoms with E-state index in [-0.39, 0.29) is 34.5 Å². The van der Waals surface area contributed by atoms with Gasteiger partial charge in [0.15, 0.2) is 0 Å². The Kier molecular flexibility index (Phi) is 6.72. The van der Waals surface area contributed by atoms with Crippen molar-refractivity contribution in [1.29, 1.82) is 0 Å². The van der Waals surface area contributed by atoms with Gasteiger partial charge in [0.1, 0.15) is 11.0 Å². The van der Waals surface area contributed by atoms with Crippen molar-refractivity contribution in [2.45, 2.75) is 36.9 Å². The first-order valence-electron chi connectivity index (χ1n) is 9.60. The van der Waals surface area contributed by atoms with Gasteiger partial charge < -0.3 is 25.0 Å². The van der Waals surface area contributed by atoms with Crippen molar-refractivity contribution >= 4 is 23.7 Å². The lowest BCUT2D eigenvalue weighted by Gasteiger charge is -2.39. The van der Waals surface area contributed by atoms with E-state index in [2.05, 4.69) is 30.5 Å². The molecular formula is C20H29N3O4S. The van der Waals surface area contributed by atoms with E-state index in [9.17, 15) is 9.59 Å². The van der Waals surface area contributed by atoms with Crippen LogP contribution in [0.2, 0.25) is 0 Å². The first-order valence-corrected chi connectivity index (χ1v) is 10.5. The second kappa shape index (κ2) is 9.05. The van der Waals surface area contributed by atoms with E-state index < -0.39 is 0 Å². The second-order valence-corrected chi connectivity index (χ2v) is 8.70. The van der Waals surface area contributed by atoms with Gasteiger partial charge in [-0.05, 0) is 36.6 Å². The SMILES string of the molecule is COC[C@H](SC1NC(=O)NCC1C)C(=O)N1CCc2cc(OC)ccc2[C@@H]1C. The number of amides is 3. The highest BCUT2D eigenvalue weighted by atomic mass is 32.2. The maximum atomic E-state index is 13.4. The molecule has 0 saturated carbocycles. The van der Waals surface area contributed by atoms with Crippen molar-refractivity contribution in [2.75, 3.05) is 33.9 Å². The van der Waals surface area contributed by atoms with E-state index >= 15 is 0 Å². The molecule has 1 aromatic rings. The maximum Gasteiger partial charge on any atom is 0.315 e. The van der Waals surface area contributed by atoms with Crippen molar-refractivity contribution in [3.63, 3.8) is 0 Å². The number of urea groups is 1. The molecule has 2 N–H and O–H groups in total. The summed E-state index contributed by atoms with van der Waals surface area (Å²) in [6.07, 6.45) is 0.799. The van der Waals surface area contributed by atoms with Crippen molar-refractivity contribution in [3.05, 3.63) is 29.3 Å². The molecule has 0 aromatic heterocycles. The molecule has 28 heavy (non-hydrogen) atoms. The topological polar surface area (TPSA) is 79.9 Å². The lowest BCUT2D eigenvalue weighted by atomic mass is 9.93. The van der Waals surface area contributed by atoms with Gasteiger partial charge in [0, 0.05) is 26.1 Å². The van der Waals surface area contributed by atoms with E-state index in [1.807, 2.05) is 17.0 Å². The number of benzene rings is 1. The zero-order chi connectivity index (χ0) is 20.3. The number of fused-ring (bicyclic) bond motifs is 1. The fourth-order valence-electron chi connectivity index (χ4n) is 3.77. The highest BCUT2D eigenvalue weighted by Crippen LogP contribution is 2.34. The standard InChI is InChI=1S/C20H29N3O4S/c1-12-10-21-20(25)22-18(12)28-17(11-26-3)19(24)23-8-7-14-9-15(27-4)5-6-16(14)13(23)2/h5-6,9,12-13,17-18H,7-8,10-11H2,1-4H3,(H2,21,22,25)/t12?,13-,17-,18?/m0/s1. The molecule has 8 heteroatoms. The van der Waals surface area contributed by atoms with E-state index in [0.29, 0.717) is 19.7 Å². The average molecular weight is 408 g/mol. The number of nitrogens with zero attached hydrogens (tertiary/aromatic N) is 1. The fourth-order valence-corrected chi connectivity index (χ4v) is 5.13. The fraction of sp³-hybridized carbons (Fsp3) is 0.600. The molecule has 3 amide bonds. The number of hydrogen-bond acceptors (Lipinski definition) is 5. The molecule has 3 rings (SSSR count). The van der Waals surface area contributed by atoms with E-state index in [1.165, 1.54) is 17.3 Å². The second-order valence-electron chi connectivity index (χ2n) is 7.35. The Hall–Kier alpha value is -1.93. The Balaban J connectivity index is 1.74. The molecule has 0 aliphatic carbocycles. The van der Waals surface area contributed by atoms with Crippen LogP contribution >= 0.6 is 11.8 Å². The molecule has 2 aliphatic heterocycles. The van der Waals surface area contributed by atoms with Crippen LogP contribution in [0.3, 0.4) is 0 Å². The van der Waals surface area contributed by atoms with Gasteiger partial charge in [0.05, 0.1) is 25.1 Å². The highest BCUT2D eigenvalue weighted by molar-refractivity contribution is 8.01. The molecule has 7 nitrogen and oxygen atoms in total. The highest BCUT2D eigenvalue weighted by Gasteiger charge is 2.36. The van der Waals surface area contributed by atoms with E-state index in [4.69, 9.17) is 9.47 Å². The molecule has 1 fully saturated rings. The average Bonchev–Trinajstić information content (AvgIpc) is 2.69. The first-order chi connectivity index (χ1) is 13.4. The maximum absolute atomic E-state index is 13.4. The summed E-state index contributed by atoms with van der Waals surface area (Å²) < 4.78 is 10.7. The normalized spacial score (nSPS) is 25.4. The number of carbonyl (C=O) groups excluding carboxylic acids is 2. The Morgan fingerprint density at radius 2 is 2.14 bits per heavy atom. The Morgan fingerprint density at radius 1 is 1.36 bits per heavy atom. The van der Waals surface area contributed by atoms with Crippen molar-refractivity contribution < 1.29 is 19.1 Å². The van der Waals surface area contributed by atoms with Gasteiger partial charge in [-0.2, -0.15) is 0 Å². The summed E-state index contributed by atoms with van der Waals surface area (Å²) in [5, 5.41) is 5.23. The van der Waals surface area contributed by atoms with E-state index in [1.54, 1.807) is 14.2 Å². The predicted molar refractivity (Wildman–Crippen MR) is 110 cm³/mol. The van der Waals surface area contributed by atoms with Gasteiger partial charge in [-0.25, -0.2) is 4.79 Å². The van der Waals surface area contributed by atoms with E-state index in [0.717, 1.165) is 17.7 Å². The van der Waals surface area contributed by atoms with Crippen LogP contribution in [-0.2, 0) is 16.0 Å². The molecule has 154 valence electrons. The van der Waals surface area contributed by atoms with Crippen LogP contribution in [0, 0.1) is 5.92 Å². The molecule has 2 aliphatic rings. The third-order valence-electron chi connectivity index (χ3n) is 5.45. The van der Waals surface area contributed by atoms with Crippen molar-refractivity contribution in [1.82, 2.24) is 15.5 Å². The Labute approximate surface area is 170 Å². The third kappa shape index (κ3) is 4.38. The molecule has 1 aromatic carbocycles. The molecule has 2 unspecified atom stereocenters. The molecule has 4 atom stereocenters. The van der Waals surface area contributed by atoms with Crippen LogP contribution in [0.15, 0.2) is 18.2 Å². The summed E-state index contributed by atoms with van der Waals surface area (Å²) in [6.45, 7) is 5.70. The van der Waals surface area contributed by atoms with Crippen LogP contribution < -0.4 is 15.4 Å². The van der Waals surface area contributed by atoms with Gasteiger partial charge in [0.25, 0.3) is 0 Å². The Bertz CT molecular complexity index is 729. The summed E-state index contributed by atoms with van der Waals surface area (Å²) in [5.41, 5.74) is 2.39. The number of nitrogens with one attached hydrogen (secondary N) is 2. The molecule has 2 heterocycles. The predicted octanol–water partition coefficient (Wildman–Crippen LogP) is 2.16. The van der Waals surface area contributed by atoms with Gasteiger partial charge in [0.2, 0.25) is 5.91 Å². The number of ether oxygens (including phenoxy) is 2. The van der Waals surface area contributed by atoms with Crippen LogP contribution in [-0.4, -0.2) is 61.4 Å². The molecule has 0 spiro atoms. The number of thioether (sulfide) groups is 1. The van der Waals surface area contributed by atoms with Gasteiger partial charge in [-0.1, -0.05) is 13.0 Å². The minimum absolute atomic E-state index is 0.0119. The lowest BCUT2D eigenvalue weighted by molar-refractivity contribution is -0.134. The summed E-state index contributed by atoms with van der Waals surface area (Å²) in [6, 6.07) is 5.85. The number of methoxy groups -OCH3 is 2. The number of hydrogen-bond donors (Lipinski definition) is 2. The van der Waals surface area contributed by atoms with Crippen LogP contribution in [0.25, 0.3) is 0 Å². The van der Waals surface area contributed by atoms with Crippen molar-refractivity contribution in [2.24, 2.45) is 5.92 Å². The summed E-state index contributed by atoms with van der Waals surface area (Å²) >= 11 is 1.49. The number of carbonyl (C=O) groups is 2. The zero-order valence-corrected chi connectivity index (χ0v) is 17.7. The minimum Gasteiger partial charge on any atom is -0.497 e. The molecular weight excluding hydrogens is 378 g/mol. The monoisotopic (exact) mass is 407 g/mol. The van der Waals surface area contributed by atoms with Crippen molar-refractivity contribution in [3.8, 4) is 5.75 Å². The summed E-state index contributed by atoms with van der Waals surface area (Å²) in [5.74, 6) is 1.12. The lowest BCUT2D eigenvalue weighted by Crippen LogP contribution is -2.54. The molecule has 1 saturated heterocycles. The largest absolute Gasteiger partial charge is 0.497 e. The van der Waals surface area contributed by atoms with Gasteiger partial charge in [-0.15, -0.1) is 11.8 Å². The van der Waals surface area contributed by atoms with Gasteiger partial charge in [-0.3, -0.25) is 4.79 Å². The van der Waals surface area contributed by atoms with Crippen LogP contribution in [0.1, 0.15) is 31.0 Å².